The highest BCUT2D eigenvalue weighted by Gasteiger charge is 2.60. The molecule has 0 unspecified atom stereocenters. The van der Waals surface area contributed by atoms with Crippen LogP contribution in [0.2, 0.25) is 0 Å². The highest BCUT2D eigenvalue weighted by molar-refractivity contribution is 5.66. The zero-order valence-electron chi connectivity index (χ0n) is 16.1. The van der Waals surface area contributed by atoms with Crippen molar-refractivity contribution in [3.8, 4) is 6.07 Å². The van der Waals surface area contributed by atoms with E-state index in [1.165, 1.54) is 38.5 Å². The van der Waals surface area contributed by atoms with Gasteiger partial charge in [-0.1, -0.05) is 13.8 Å². The third kappa shape index (κ3) is 2.54. The molecule has 3 heteroatoms. The van der Waals surface area contributed by atoms with Gasteiger partial charge in [-0.2, -0.15) is 5.26 Å². The average molecular weight is 344 g/mol. The third-order valence-electron chi connectivity index (χ3n) is 9.11. The number of nitriles is 1. The number of esters is 1. The van der Waals surface area contributed by atoms with Gasteiger partial charge in [-0.25, -0.2) is 0 Å². The maximum Gasteiger partial charge on any atom is 0.302 e. The minimum absolute atomic E-state index is 0.121. The van der Waals surface area contributed by atoms with Crippen LogP contribution in [0.3, 0.4) is 0 Å². The molecule has 0 bridgehead atoms. The molecule has 138 valence electrons. The molecule has 0 radical (unpaired) electrons. The Balaban J connectivity index is 1.54. The first kappa shape index (κ1) is 17.4. The molecule has 3 nitrogen and oxygen atoms in total. The molecule has 4 aliphatic rings. The van der Waals surface area contributed by atoms with Crippen LogP contribution in [0.5, 0.6) is 0 Å². The quantitative estimate of drug-likeness (QED) is 0.622. The Kier molecular flexibility index (Phi) is 4.17. The Bertz CT molecular complexity index is 595. The van der Waals surface area contributed by atoms with Gasteiger partial charge in [-0.15, -0.1) is 0 Å². The second-order valence-corrected chi connectivity index (χ2v) is 9.97. The minimum atomic E-state index is -0.121. The van der Waals surface area contributed by atoms with Crippen molar-refractivity contribution in [2.45, 2.75) is 84.7 Å². The molecule has 0 heterocycles. The number of carbonyl (C=O) groups excluding carboxylic acids is 1. The summed E-state index contributed by atoms with van der Waals surface area (Å²) in [6.45, 7) is 6.50. The van der Waals surface area contributed by atoms with Gasteiger partial charge in [0.05, 0.1) is 12.0 Å². The molecule has 0 aromatic carbocycles. The van der Waals surface area contributed by atoms with Gasteiger partial charge < -0.3 is 4.74 Å². The van der Waals surface area contributed by atoms with Crippen LogP contribution in [0.25, 0.3) is 0 Å². The summed E-state index contributed by atoms with van der Waals surface area (Å²) >= 11 is 0. The van der Waals surface area contributed by atoms with Crippen LogP contribution in [0.1, 0.15) is 78.6 Å². The second-order valence-electron chi connectivity index (χ2n) is 9.97. The molecule has 0 saturated heterocycles. The fourth-order valence-corrected chi connectivity index (χ4v) is 7.77. The van der Waals surface area contributed by atoms with Gasteiger partial charge >= 0.3 is 5.97 Å². The highest BCUT2D eigenvalue weighted by atomic mass is 16.5. The van der Waals surface area contributed by atoms with Crippen LogP contribution >= 0.6 is 0 Å². The first-order chi connectivity index (χ1) is 11.9. The van der Waals surface area contributed by atoms with Crippen molar-refractivity contribution in [2.75, 3.05) is 0 Å². The summed E-state index contributed by atoms with van der Waals surface area (Å²) in [6.07, 6.45) is 11.0. The summed E-state index contributed by atoms with van der Waals surface area (Å²) in [7, 11) is 0. The van der Waals surface area contributed by atoms with E-state index in [1.807, 2.05) is 0 Å². The SMILES string of the molecule is CC(=O)O[C@@H]1CC[C@@]2(C)[C@H](CC[C@@H]3[C@@H]2CC[C@]2(C)[C@@H](C#N)CC[C@@H]32)C1. The summed E-state index contributed by atoms with van der Waals surface area (Å²) in [5.41, 5.74) is 0.694. The number of ether oxygens (including phenoxy) is 1. The Morgan fingerprint density at radius 3 is 2.44 bits per heavy atom. The maximum absolute atomic E-state index is 11.4. The normalized spacial score (nSPS) is 51.6. The zero-order valence-corrected chi connectivity index (χ0v) is 16.1. The average Bonchev–Trinajstić information content (AvgIpc) is 2.91. The monoisotopic (exact) mass is 343 g/mol. The van der Waals surface area contributed by atoms with Gasteiger partial charge in [0.15, 0.2) is 0 Å². The Morgan fingerprint density at radius 1 is 1.00 bits per heavy atom. The van der Waals surface area contributed by atoms with Gasteiger partial charge in [0.1, 0.15) is 6.10 Å². The van der Waals surface area contributed by atoms with Gasteiger partial charge in [0, 0.05) is 6.92 Å². The standard InChI is InChI=1S/C22H33NO2/c1-14(24)25-17-8-10-21(2)15(12-17)4-6-18-19-7-5-16(13-23)22(19,3)11-9-20(18)21/h15-20H,4-12H2,1-3H3/t15-,16-,17-,18+,19+,20+,21+,22-/m1/s1. The van der Waals surface area contributed by atoms with E-state index < -0.39 is 0 Å². The molecule has 0 aliphatic heterocycles. The lowest BCUT2D eigenvalue weighted by atomic mass is 9.44. The Morgan fingerprint density at radius 2 is 1.72 bits per heavy atom. The van der Waals surface area contributed by atoms with Crippen molar-refractivity contribution in [1.82, 2.24) is 0 Å². The number of carbonyl (C=O) groups is 1. The maximum atomic E-state index is 11.4. The molecule has 0 N–H and O–H groups in total. The van der Waals surface area contributed by atoms with E-state index in [0.717, 1.165) is 37.0 Å². The van der Waals surface area contributed by atoms with Gasteiger partial charge in [-0.05, 0) is 92.3 Å². The summed E-state index contributed by atoms with van der Waals surface area (Å²) in [5, 5.41) is 9.61. The fraction of sp³-hybridized carbons (Fsp3) is 0.909. The lowest BCUT2D eigenvalue weighted by Gasteiger charge is -2.60. The van der Waals surface area contributed by atoms with Gasteiger partial charge in [0.25, 0.3) is 0 Å². The van der Waals surface area contributed by atoms with Crippen molar-refractivity contribution < 1.29 is 9.53 Å². The lowest BCUT2D eigenvalue weighted by Crippen LogP contribution is -2.54. The van der Waals surface area contributed by atoms with E-state index in [-0.39, 0.29) is 23.4 Å². The molecule has 0 aromatic rings. The summed E-state index contributed by atoms with van der Waals surface area (Å²) in [4.78, 5) is 11.4. The molecule has 0 spiro atoms. The predicted molar refractivity (Wildman–Crippen MR) is 96.4 cm³/mol. The molecule has 4 fully saturated rings. The summed E-state index contributed by atoms with van der Waals surface area (Å²) in [6, 6.07) is 2.64. The molecule has 0 amide bonds. The van der Waals surface area contributed by atoms with E-state index in [2.05, 4.69) is 19.9 Å². The van der Waals surface area contributed by atoms with Crippen LogP contribution in [0, 0.1) is 51.8 Å². The number of fused-ring (bicyclic) bond motifs is 5. The first-order valence-corrected chi connectivity index (χ1v) is 10.5. The van der Waals surface area contributed by atoms with Gasteiger partial charge in [0.2, 0.25) is 0 Å². The Labute approximate surface area is 152 Å². The van der Waals surface area contributed by atoms with Crippen LogP contribution in [-0.4, -0.2) is 12.1 Å². The molecule has 4 aliphatic carbocycles. The van der Waals surface area contributed by atoms with Crippen molar-refractivity contribution in [1.29, 1.82) is 5.26 Å². The van der Waals surface area contributed by atoms with E-state index in [4.69, 9.17) is 4.74 Å². The van der Waals surface area contributed by atoms with Crippen molar-refractivity contribution in [2.24, 2.45) is 40.4 Å². The van der Waals surface area contributed by atoms with Crippen molar-refractivity contribution in [3.63, 3.8) is 0 Å². The highest BCUT2D eigenvalue weighted by Crippen LogP contribution is 2.67. The van der Waals surface area contributed by atoms with Crippen LogP contribution in [0.15, 0.2) is 0 Å². The van der Waals surface area contributed by atoms with E-state index >= 15 is 0 Å². The van der Waals surface area contributed by atoms with E-state index in [1.54, 1.807) is 6.92 Å². The smallest absolute Gasteiger partial charge is 0.302 e. The molecule has 25 heavy (non-hydrogen) atoms. The third-order valence-corrected chi connectivity index (χ3v) is 9.11. The molecule has 0 aromatic heterocycles. The lowest BCUT2D eigenvalue weighted by molar-refractivity contribution is -0.159. The molecule has 8 atom stereocenters. The largest absolute Gasteiger partial charge is 0.463 e. The summed E-state index contributed by atoms with van der Waals surface area (Å²) in [5.74, 6) is 3.28. The zero-order chi connectivity index (χ0) is 17.8. The number of hydrogen-bond acceptors (Lipinski definition) is 3. The number of hydrogen-bond donors (Lipinski definition) is 0. The first-order valence-electron chi connectivity index (χ1n) is 10.5. The van der Waals surface area contributed by atoms with Crippen LogP contribution < -0.4 is 0 Å². The summed E-state index contributed by atoms with van der Waals surface area (Å²) < 4.78 is 5.56. The minimum Gasteiger partial charge on any atom is -0.463 e. The predicted octanol–water partition coefficient (Wildman–Crippen LogP) is 5.10. The number of rotatable bonds is 1. The van der Waals surface area contributed by atoms with Crippen LogP contribution in [0.4, 0.5) is 0 Å². The van der Waals surface area contributed by atoms with Crippen molar-refractivity contribution >= 4 is 5.97 Å². The topological polar surface area (TPSA) is 50.1 Å². The van der Waals surface area contributed by atoms with E-state index in [9.17, 15) is 10.1 Å². The molecule has 4 rings (SSSR count). The second kappa shape index (κ2) is 6.00. The van der Waals surface area contributed by atoms with Gasteiger partial charge in [-0.3, -0.25) is 4.79 Å². The Hall–Kier alpha value is -1.04. The molecular formula is C22H33NO2. The molecule has 4 saturated carbocycles. The van der Waals surface area contributed by atoms with Crippen molar-refractivity contribution in [3.05, 3.63) is 0 Å². The molecular weight excluding hydrogens is 310 g/mol. The number of nitrogens with zero attached hydrogens (tertiary/aromatic N) is 1. The van der Waals surface area contributed by atoms with E-state index in [0.29, 0.717) is 11.3 Å². The fourth-order valence-electron chi connectivity index (χ4n) is 7.77. The van der Waals surface area contributed by atoms with Crippen LogP contribution in [-0.2, 0) is 9.53 Å².